The van der Waals surface area contributed by atoms with Crippen molar-refractivity contribution in [3.8, 4) is 101 Å². The van der Waals surface area contributed by atoms with Crippen LogP contribution < -0.4 is 40.0 Å². The van der Waals surface area contributed by atoms with E-state index in [1.54, 1.807) is 0 Å². The van der Waals surface area contributed by atoms with Gasteiger partial charge in [-0.2, -0.15) is 0 Å². The van der Waals surface area contributed by atoms with Crippen molar-refractivity contribution in [2.75, 3.05) is 9.80 Å². The van der Waals surface area contributed by atoms with Crippen LogP contribution >= 0.6 is 0 Å². The normalized spacial score (nSPS) is 14.6. The zero-order valence-corrected chi connectivity index (χ0v) is 80.6. The van der Waals surface area contributed by atoms with Crippen molar-refractivity contribution in [3.05, 3.63) is 565 Å². The van der Waals surface area contributed by atoms with Crippen LogP contribution in [-0.4, -0.2) is 8.07 Å². The zero-order chi connectivity index (χ0) is 95.9. The molecule has 678 valence electrons. The number of benzene rings is 20. The van der Waals surface area contributed by atoms with Crippen molar-refractivity contribution >= 4 is 75.1 Å². The smallest absolute Gasteiger partial charge is 0.180 e. The molecule has 0 radical (unpaired) electrons. The predicted octanol–water partition coefficient (Wildman–Crippen LogP) is 33.1. The van der Waals surface area contributed by atoms with Gasteiger partial charge < -0.3 is 19.3 Å². The minimum absolute atomic E-state index is 0.108. The van der Waals surface area contributed by atoms with Gasteiger partial charge in [0.2, 0.25) is 0 Å². The summed E-state index contributed by atoms with van der Waals surface area (Å²) in [5.41, 5.74) is 32.7. The molecule has 0 aromatic heterocycles. The molecular formula is C134H102F2N2O2Si. The van der Waals surface area contributed by atoms with Crippen molar-refractivity contribution in [2.45, 2.75) is 63.2 Å². The zero-order valence-electron chi connectivity index (χ0n) is 79.6. The fraction of sp³-hybridized carbons (Fsp3) is 0.0746. The van der Waals surface area contributed by atoms with Crippen LogP contribution in [0.15, 0.2) is 486 Å². The quantitative estimate of drug-likeness (QED) is 0.0632. The van der Waals surface area contributed by atoms with Crippen LogP contribution in [0.1, 0.15) is 108 Å². The topological polar surface area (TPSA) is 24.9 Å². The molecule has 4 nitrogen and oxygen atoms in total. The molecule has 0 bridgehead atoms. The second-order valence-corrected chi connectivity index (χ2v) is 43.1. The van der Waals surface area contributed by atoms with E-state index in [4.69, 9.17) is 9.47 Å². The highest BCUT2D eigenvalue weighted by Gasteiger charge is 2.52. The van der Waals surface area contributed by atoms with Gasteiger partial charge in [-0.1, -0.05) is 382 Å². The molecule has 20 aromatic rings. The van der Waals surface area contributed by atoms with E-state index in [2.05, 4.69) is 441 Å². The second kappa shape index (κ2) is 35.6. The summed E-state index contributed by atoms with van der Waals surface area (Å²) < 4.78 is 42.5. The molecule has 2 aliphatic carbocycles. The van der Waals surface area contributed by atoms with Gasteiger partial charge in [-0.3, -0.25) is 0 Å². The Morgan fingerprint density at radius 3 is 0.858 bits per heavy atom. The highest BCUT2D eigenvalue weighted by Crippen LogP contribution is 2.61. The first-order valence-corrected chi connectivity index (χ1v) is 50.5. The maximum Gasteiger partial charge on any atom is 0.180 e. The number of hydrogen-bond donors (Lipinski definition) is 0. The predicted molar refractivity (Wildman–Crippen MR) is 585 cm³/mol. The van der Waals surface area contributed by atoms with Crippen molar-refractivity contribution in [1.29, 1.82) is 0 Å². The second-order valence-electron chi connectivity index (χ2n) is 39.4. The third kappa shape index (κ3) is 15.5. The first-order chi connectivity index (χ1) is 68.8. The molecule has 141 heavy (non-hydrogen) atoms. The average Bonchev–Trinajstić information content (AvgIpc) is 1.54. The fourth-order valence-corrected chi connectivity index (χ4v) is 27.4. The average molecular weight is 1840 g/mol. The van der Waals surface area contributed by atoms with Crippen molar-refractivity contribution in [1.82, 2.24) is 0 Å². The van der Waals surface area contributed by atoms with E-state index in [0.29, 0.717) is 0 Å². The van der Waals surface area contributed by atoms with E-state index in [9.17, 15) is 8.78 Å². The highest BCUT2D eigenvalue weighted by molar-refractivity contribution is 7.22. The number of fused-ring (bicyclic) bond motifs is 9. The maximum atomic E-state index is 14.6. The fourth-order valence-electron chi connectivity index (χ4n) is 22.3. The van der Waals surface area contributed by atoms with Gasteiger partial charge in [-0.25, -0.2) is 8.78 Å². The van der Waals surface area contributed by atoms with Crippen LogP contribution in [0.5, 0.6) is 23.0 Å². The first kappa shape index (κ1) is 88.2. The van der Waals surface area contributed by atoms with Gasteiger partial charge in [0.15, 0.2) is 8.07 Å². The third-order valence-corrected chi connectivity index (χ3v) is 34.1. The van der Waals surface area contributed by atoms with Crippen LogP contribution in [0.25, 0.3) is 90.0 Å². The largest absolute Gasteiger partial charge is 0.457 e. The molecule has 0 amide bonds. The first-order valence-electron chi connectivity index (χ1n) is 48.5. The summed E-state index contributed by atoms with van der Waals surface area (Å²) in [6.45, 7) is 21.7. The molecule has 3 aliphatic rings. The van der Waals surface area contributed by atoms with Crippen LogP contribution in [0.2, 0.25) is 0 Å². The molecule has 2 unspecified atom stereocenters. The van der Waals surface area contributed by atoms with E-state index in [1.165, 1.54) is 78.4 Å². The lowest BCUT2D eigenvalue weighted by Crippen LogP contribution is -2.72. The van der Waals surface area contributed by atoms with Gasteiger partial charge in [-0.05, 0) is 334 Å². The van der Waals surface area contributed by atoms with Crippen LogP contribution in [-0.2, 0) is 21.7 Å². The Hall–Kier alpha value is -16.8. The Morgan fingerprint density at radius 1 is 0.241 bits per heavy atom. The van der Waals surface area contributed by atoms with Crippen molar-refractivity contribution in [2.24, 2.45) is 0 Å². The lowest BCUT2D eigenvalue weighted by Gasteiger charge is -2.35. The summed E-state index contributed by atoms with van der Waals surface area (Å²) in [6.07, 6.45) is 3.69. The van der Waals surface area contributed by atoms with Crippen LogP contribution in [0, 0.1) is 11.6 Å². The summed E-state index contributed by atoms with van der Waals surface area (Å²) in [5, 5.41) is 5.13. The maximum absolute atomic E-state index is 14.6. The standard InChI is InChI=1S/C134H102F2N2O2Si/c1-9-89-35-71-113(72-36-89)139-115-75-55-103(56-76-115)133(101-51-47-99(48-52-101)131(3,4)5)125-33-19-17-31-119(125)121-79-67-111(87-127(121)133)137(107-63-43-93(44-64-107)97-25-21-23-95(83-97)91-39-59-105(135)60-40-91)109-69-81-129-123(85-109)124-86-110(70-82-130(124)141(129,117-27-13-11-14-28-117)118-29-15-12-16-30-118)138(108-65-45-94(46-66-108)98-26-22-24-96(84-98)92-41-61-106(136)62-42-92)112-68-80-122-120-32-18-20-34-126(120)134(128(122)88-112,102-53-49-100(50-54-102)132(6,7)8)104-57-77-116(78-58-104)140-114-73-37-90(10-2)38-74-114/h9-88H,1-2H2,3-8H3. The summed E-state index contributed by atoms with van der Waals surface area (Å²) in [7, 11) is -3.29. The van der Waals surface area contributed by atoms with Gasteiger partial charge in [0, 0.05) is 34.1 Å². The minimum atomic E-state index is -3.29. The Kier molecular flexibility index (Phi) is 22.3. The van der Waals surface area contributed by atoms with Crippen molar-refractivity contribution in [3.63, 3.8) is 0 Å². The number of nitrogens with zero attached hydrogens (tertiary/aromatic N) is 2. The Labute approximate surface area is 826 Å². The van der Waals surface area contributed by atoms with Crippen LogP contribution in [0.3, 0.4) is 0 Å². The lowest BCUT2D eigenvalue weighted by molar-refractivity contribution is 0.482. The van der Waals surface area contributed by atoms with Gasteiger partial charge in [0.25, 0.3) is 0 Å². The summed E-state index contributed by atoms with van der Waals surface area (Å²) in [4.78, 5) is 4.97. The monoisotopic (exact) mass is 1840 g/mol. The molecule has 23 rings (SSSR count). The number of hydrogen-bond acceptors (Lipinski definition) is 4. The third-order valence-electron chi connectivity index (χ3n) is 29.3. The van der Waals surface area contributed by atoms with Gasteiger partial charge in [-0.15, -0.1) is 0 Å². The van der Waals surface area contributed by atoms with Crippen molar-refractivity contribution < 1.29 is 18.3 Å². The molecule has 0 fully saturated rings. The molecule has 20 aromatic carbocycles. The number of halogens is 2. The summed E-state index contributed by atoms with van der Waals surface area (Å²) in [6, 6.07) is 171. The number of ether oxygens (including phenoxy) is 2. The molecule has 7 heteroatoms. The lowest BCUT2D eigenvalue weighted by atomic mass is 9.67. The molecule has 0 saturated carbocycles. The minimum Gasteiger partial charge on any atom is -0.457 e. The van der Waals surface area contributed by atoms with E-state index in [1.807, 2.05) is 84.9 Å². The van der Waals surface area contributed by atoms with Crippen LogP contribution in [0.4, 0.5) is 42.9 Å². The Balaban J connectivity index is 0.746. The molecule has 0 N–H and O–H groups in total. The number of rotatable bonds is 22. The summed E-state index contributed by atoms with van der Waals surface area (Å²) >= 11 is 0. The molecule has 0 saturated heterocycles. The Morgan fingerprint density at radius 2 is 0.525 bits per heavy atom. The molecule has 0 spiro atoms. The van der Waals surface area contributed by atoms with Gasteiger partial charge >= 0.3 is 0 Å². The molecule has 1 aliphatic heterocycles. The van der Waals surface area contributed by atoms with E-state index >= 15 is 0 Å². The molecule has 2 atom stereocenters. The van der Waals surface area contributed by atoms with E-state index < -0.39 is 18.9 Å². The van der Waals surface area contributed by atoms with Gasteiger partial charge in [0.05, 0.1) is 10.8 Å². The Bertz CT molecular complexity index is 7670. The molecular weight excluding hydrogens is 1740 g/mol. The number of anilines is 6. The van der Waals surface area contributed by atoms with E-state index in [-0.39, 0.29) is 22.5 Å². The SMILES string of the molecule is C=Cc1ccc(Oc2ccc(C3(c4ccc(C(C)(C)C)cc4)c4ccccc4-c4ccc(N(c5ccc(-c6cccc(-c7ccc(F)cc7)c6)cc5)c5ccc6c(c5)-c5cc(N(c7ccc(-c8cccc(-c9ccc(F)cc9)c8)cc7)c7ccc8c(c7)C(c7ccc(Oc9ccc(C=C)cc9)cc7)(c7ccc(C(C)(C)C)cc7)c7ccccc7-8)ccc5[Si]6(c5ccccc5)c5ccccc5)cc43)cc2)cc1. The summed E-state index contributed by atoms with van der Waals surface area (Å²) in [5.74, 6) is 2.40. The highest BCUT2D eigenvalue weighted by atomic mass is 28.3. The van der Waals surface area contributed by atoms with Gasteiger partial charge in [0.1, 0.15) is 34.6 Å². The van der Waals surface area contributed by atoms with E-state index in [0.717, 1.165) is 168 Å². The molecule has 1 heterocycles.